The number of halogens is 4. The Balaban J connectivity index is 2.33. The summed E-state index contributed by atoms with van der Waals surface area (Å²) >= 11 is 0. The van der Waals surface area contributed by atoms with E-state index in [2.05, 4.69) is 0 Å². The van der Waals surface area contributed by atoms with Crippen LogP contribution in [0.5, 0.6) is 0 Å². The van der Waals surface area contributed by atoms with E-state index in [0.29, 0.717) is 0 Å². The fourth-order valence-electron chi connectivity index (χ4n) is 2.60. The molecule has 2 N–H and O–H groups in total. The summed E-state index contributed by atoms with van der Waals surface area (Å²) in [4.78, 5) is 0. The second-order valence-electron chi connectivity index (χ2n) is 4.96. The van der Waals surface area contributed by atoms with Crippen molar-refractivity contribution in [3.05, 3.63) is 35.4 Å². The Morgan fingerprint density at radius 3 is 2.17 bits per heavy atom. The lowest BCUT2D eigenvalue weighted by Gasteiger charge is -2.39. The molecule has 0 radical (unpaired) electrons. The highest BCUT2D eigenvalue weighted by Crippen LogP contribution is 2.45. The number of nitrogens with two attached hydrogens (primary N) is 1. The molecule has 1 aromatic carbocycles. The first-order valence-corrected chi connectivity index (χ1v) is 5.92. The van der Waals surface area contributed by atoms with Gasteiger partial charge in [-0.2, -0.15) is 0 Å². The van der Waals surface area contributed by atoms with Gasteiger partial charge in [0.05, 0.1) is 0 Å². The maximum Gasteiger partial charge on any atom is 0.248 e. The van der Waals surface area contributed by atoms with Gasteiger partial charge in [0.15, 0.2) is 0 Å². The van der Waals surface area contributed by atoms with Crippen molar-refractivity contribution in [3.8, 4) is 0 Å². The summed E-state index contributed by atoms with van der Waals surface area (Å²) in [5.74, 6) is -4.08. The van der Waals surface area contributed by atoms with E-state index >= 15 is 0 Å². The molecule has 1 saturated carbocycles. The van der Waals surface area contributed by atoms with Crippen LogP contribution in [0.2, 0.25) is 0 Å². The third-order valence-corrected chi connectivity index (χ3v) is 3.83. The largest absolute Gasteiger partial charge is 0.330 e. The Kier molecular flexibility index (Phi) is 3.36. The molecule has 1 fully saturated rings. The predicted octanol–water partition coefficient (Wildman–Crippen LogP) is 3.37. The Bertz CT molecular complexity index is 435. The average molecular weight is 261 g/mol. The van der Waals surface area contributed by atoms with Crippen LogP contribution in [0.25, 0.3) is 0 Å². The van der Waals surface area contributed by atoms with Crippen molar-refractivity contribution in [2.24, 2.45) is 5.73 Å². The molecular formula is C13H15F4N. The molecule has 0 atom stereocenters. The minimum Gasteiger partial charge on any atom is -0.330 e. The zero-order chi connectivity index (χ0) is 13.4. The van der Waals surface area contributed by atoms with Gasteiger partial charge in [-0.15, -0.1) is 0 Å². The Morgan fingerprint density at radius 2 is 1.67 bits per heavy atom. The second kappa shape index (κ2) is 4.53. The van der Waals surface area contributed by atoms with Gasteiger partial charge in [-0.25, -0.2) is 17.6 Å². The summed E-state index contributed by atoms with van der Waals surface area (Å²) in [5.41, 5.74) is 5.12. The van der Waals surface area contributed by atoms with E-state index in [0.717, 1.165) is 12.1 Å². The summed E-state index contributed by atoms with van der Waals surface area (Å²) in [5, 5.41) is 0. The number of alkyl halides is 2. The van der Waals surface area contributed by atoms with E-state index in [1.165, 1.54) is 6.07 Å². The lowest BCUT2D eigenvalue weighted by atomic mass is 9.68. The Labute approximate surface area is 103 Å². The van der Waals surface area contributed by atoms with Crippen LogP contribution in [-0.2, 0) is 5.41 Å². The molecule has 18 heavy (non-hydrogen) atoms. The molecule has 1 aromatic rings. The highest BCUT2D eigenvalue weighted by molar-refractivity contribution is 5.29. The maximum atomic E-state index is 13.8. The van der Waals surface area contributed by atoms with Gasteiger partial charge in [-0.05, 0) is 24.5 Å². The summed E-state index contributed by atoms with van der Waals surface area (Å²) in [6.07, 6.45) is -0.361. The van der Waals surface area contributed by atoms with Gasteiger partial charge in [0, 0.05) is 30.9 Å². The summed E-state index contributed by atoms with van der Waals surface area (Å²) in [6, 6.07) is 3.24. The molecule has 0 spiro atoms. The summed E-state index contributed by atoms with van der Waals surface area (Å²) in [6.45, 7) is 0.0889. The second-order valence-corrected chi connectivity index (χ2v) is 4.96. The van der Waals surface area contributed by atoms with Crippen LogP contribution >= 0.6 is 0 Å². The van der Waals surface area contributed by atoms with Crippen LogP contribution in [0, 0.1) is 11.6 Å². The summed E-state index contributed by atoms with van der Waals surface area (Å²) in [7, 11) is 0. The van der Waals surface area contributed by atoms with Crippen LogP contribution < -0.4 is 5.73 Å². The first-order chi connectivity index (χ1) is 8.38. The van der Waals surface area contributed by atoms with Gasteiger partial charge in [-0.1, -0.05) is 6.07 Å². The summed E-state index contributed by atoms with van der Waals surface area (Å²) < 4.78 is 53.0. The zero-order valence-corrected chi connectivity index (χ0v) is 9.86. The molecule has 0 aliphatic heterocycles. The van der Waals surface area contributed by atoms with Crippen LogP contribution in [0.4, 0.5) is 17.6 Å². The van der Waals surface area contributed by atoms with E-state index in [9.17, 15) is 17.6 Å². The van der Waals surface area contributed by atoms with Gasteiger partial charge in [0.25, 0.3) is 0 Å². The van der Waals surface area contributed by atoms with Gasteiger partial charge >= 0.3 is 0 Å². The monoisotopic (exact) mass is 261 g/mol. The van der Waals surface area contributed by atoms with Gasteiger partial charge in [0.2, 0.25) is 5.92 Å². The number of hydrogen-bond donors (Lipinski definition) is 1. The van der Waals surface area contributed by atoms with Crippen molar-refractivity contribution in [1.82, 2.24) is 0 Å². The van der Waals surface area contributed by atoms with Gasteiger partial charge in [0.1, 0.15) is 11.6 Å². The molecule has 0 saturated heterocycles. The molecule has 1 aliphatic rings. The third kappa shape index (κ3) is 2.36. The molecular weight excluding hydrogens is 246 g/mol. The fourth-order valence-corrected chi connectivity index (χ4v) is 2.60. The highest BCUT2D eigenvalue weighted by Gasteiger charge is 2.44. The molecule has 2 rings (SSSR count). The Hall–Kier alpha value is -1.10. The minimum absolute atomic E-state index is 0.0889. The van der Waals surface area contributed by atoms with Crippen LogP contribution in [0.15, 0.2) is 18.2 Å². The predicted molar refractivity (Wildman–Crippen MR) is 60.5 cm³/mol. The van der Waals surface area contributed by atoms with E-state index in [-0.39, 0.29) is 37.8 Å². The lowest BCUT2D eigenvalue weighted by Crippen LogP contribution is -2.42. The zero-order valence-electron chi connectivity index (χ0n) is 9.86. The van der Waals surface area contributed by atoms with Crippen molar-refractivity contribution in [2.45, 2.75) is 37.0 Å². The normalized spacial score (nSPS) is 21.8. The Morgan fingerprint density at radius 1 is 1.06 bits per heavy atom. The van der Waals surface area contributed by atoms with E-state index < -0.39 is 23.0 Å². The quantitative estimate of drug-likeness (QED) is 0.811. The molecule has 0 bridgehead atoms. The molecule has 5 heteroatoms. The van der Waals surface area contributed by atoms with Crippen molar-refractivity contribution in [2.75, 3.05) is 6.54 Å². The number of benzene rings is 1. The van der Waals surface area contributed by atoms with Crippen LogP contribution in [0.3, 0.4) is 0 Å². The van der Waals surface area contributed by atoms with Crippen molar-refractivity contribution < 1.29 is 17.6 Å². The standard InChI is InChI=1S/C13H15F4N/c14-9-1-2-10(11(15)7-9)12(8-18)3-5-13(16,17)6-4-12/h1-2,7H,3-6,8,18H2. The minimum atomic E-state index is -2.70. The smallest absolute Gasteiger partial charge is 0.248 e. The molecule has 100 valence electrons. The van der Waals surface area contributed by atoms with E-state index in [1.54, 1.807) is 0 Å². The third-order valence-electron chi connectivity index (χ3n) is 3.83. The SMILES string of the molecule is NCC1(c2ccc(F)cc2F)CCC(F)(F)CC1. The molecule has 0 heterocycles. The maximum absolute atomic E-state index is 13.8. The fraction of sp³-hybridized carbons (Fsp3) is 0.538. The van der Waals surface area contributed by atoms with Crippen molar-refractivity contribution in [3.63, 3.8) is 0 Å². The number of hydrogen-bond acceptors (Lipinski definition) is 1. The topological polar surface area (TPSA) is 26.0 Å². The first kappa shape index (κ1) is 13.3. The average Bonchev–Trinajstić information content (AvgIpc) is 2.31. The highest BCUT2D eigenvalue weighted by atomic mass is 19.3. The molecule has 0 aromatic heterocycles. The number of rotatable bonds is 2. The molecule has 0 amide bonds. The first-order valence-electron chi connectivity index (χ1n) is 5.92. The van der Waals surface area contributed by atoms with E-state index in [1.807, 2.05) is 0 Å². The van der Waals surface area contributed by atoms with E-state index in [4.69, 9.17) is 5.73 Å². The molecule has 0 unspecified atom stereocenters. The lowest BCUT2D eigenvalue weighted by molar-refractivity contribution is -0.0513. The molecule has 1 aliphatic carbocycles. The van der Waals surface area contributed by atoms with Crippen LogP contribution in [0.1, 0.15) is 31.2 Å². The van der Waals surface area contributed by atoms with Crippen LogP contribution in [-0.4, -0.2) is 12.5 Å². The van der Waals surface area contributed by atoms with Gasteiger partial charge < -0.3 is 5.73 Å². The molecule has 1 nitrogen and oxygen atoms in total. The van der Waals surface area contributed by atoms with Crippen molar-refractivity contribution >= 4 is 0 Å². The van der Waals surface area contributed by atoms with Crippen molar-refractivity contribution in [1.29, 1.82) is 0 Å². The van der Waals surface area contributed by atoms with Gasteiger partial charge in [-0.3, -0.25) is 0 Å².